The van der Waals surface area contributed by atoms with Crippen molar-refractivity contribution >= 4 is 39.9 Å². The van der Waals surface area contributed by atoms with Gasteiger partial charge in [0, 0.05) is 24.4 Å². The monoisotopic (exact) mass is 773 g/mol. The Kier molecular flexibility index (Phi) is 11.6. The van der Waals surface area contributed by atoms with Gasteiger partial charge in [0.15, 0.2) is 11.5 Å². The zero-order chi connectivity index (χ0) is 38.7. The third kappa shape index (κ3) is 9.76. The highest BCUT2D eigenvalue weighted by Crippen LogP contribution is 2.46. The minimum Gasteiger partial charge on any atom is -0.486 e. The maximum atomic E-state index is 13.6. The van der Waals surface area contributed by atoms with Crippen molar-refractivity contribution in [3.05, 3.63) is 35.4 Å². The van der Waals surface area contributed by atoms with Crippen LogP contribution in [-0.4, -0.2) is 91.5 Å². The Morgan fingerprint density at radius 3 is 2.54 bits per heavy atom. The van der Waals surface area contributed by atoms with Crippen LogP contribution in [0.15, 0.2) is 24.3 Å². The lowest BCUT2D eigenvalue weighted by Crippen LogP contribution is -2.52. The second kappa shape index (κ2) is 16.1. The maximum absolute atomic E-state index is 13.6. The van der Waals surface area contributed by atoms with E-state index >= 15 is 0 Å². The van der Waals surface area contributed by atoms with Crippen LogP contribution in [0.4, 0.5) is 9.59 Å². The van der Waals surface area contributed by atoms with Gasteiger partial charge in [0.05, 0.1) is 18.3 Å². The molecule has 54 heavy (non-hydrogen) atoms. The molecule has 1 aromatic carbocycles. The number of nitrogens with one attached hydrogen (secondary N) is 4. The summed E-state index contributed by atoms with van der Waals surface area (Å²) in [6.45, 7) is 6.27. The van der Waals surface area contributed by atoms with Crippen molar-refractivity contribution in [2.45, 2.75) is 127 Å². The third-order valence-corrected chi connectivity index (χ3v) is 11.9. The molecule has 2 saturated carbocycles. The van der Waals surface area contributed by atoms with Gasteiger partial charge < -0.3 is 34.9 Å². The maximum Gasteiger partial charge on any atom is 0.410 e. The first-order valence-electron chi connectivity index (χ1n) is 18.8. The van der Waals surface area contributed by atoms with Crippen LogP contribution in [-0.2, 0) is 47.0 Å². The fraction of sp³-hybridized carbons (Fsp3) is 0.649. The summed E-state index contributed by atoms with van der Waals surface area (Å²) < 4.78 is 50.4. The molecular formula is C37H51N5O11S. The zero-order valence-corrected chi connectivity index (χ0v) is 31.9. The van der Waals surface area contributed by atoms with Crippen LogP contribution >= 0.6 is 0 Å². The minimum absolute atomic E-state index is 0.0340. The molecule has 0 unspecified atom stereocenters. The number of nitrogens with zero attached hydrogens (tertiary/aromatic N) is 1. The summed E-state index contributed by atoms with van der Waals surface area (Å²) in [5, 5.41) is 7.64. The highest BCUT2D eigenvalue weighted by molar-refractivity contribution is 7.91. The fourth-order valence-electron chi connectivity index (χ4n) is 6.91. The number of hydrogen-bond acceptors (Lipinski definition) is 11. The summed E-state index contributed by atoms with van der Waals surface area (Å²) in [4.78, 5) is 68.2. The van der Waals surface area contributed by atoms with Crippen LogP contribution < -0.4 is 30.1 Å². The van der Waals surface area contributed by atoms with E-state index in [1.54, 1.807) is 26.8 Å². The molecule has 0 radical (unpaired) electrons. The summed E-state index contributed by atoms with van der Waals surface area (Å²) in [5.41, 5.74) is -0.502. The van der Waals surface area contributed by atoms with E-state index in [-0.39, 0.29) is 38.9 Å². The Morgan fingerprint density at radius 2 is 1.78 bits per heavy atom. The van der Waals surface area contributed by atoms with E-state index in [1.165, 1.54) is 4.90 Å². The molecule has 1 aromatic rings. The number of amides is 5. The van der Waals surface area contributed by atoms with Crippen LogP contribution in [0.3, 0.4) is 0 Å². The number of sulfonamides is 1. The predicted octanol–water partition coefficient (Wildman–Crippen LogP) is 3.07. The highest BCUT2D eigenvalue weighted by atomic mass is 32.2. The first kappa shape index (κ1) is 39.2. The third-order valence-electron chi connectivity index (χ3n) is 10.1. The van der Waals surface area contributed by atoms with E-state index < -0.39 is 74.4 Å². The Balaban J connectivity index is 1.17. The van der Waals surface area contributed by atoms with Crippen LogP contribution in [0.2, 0.25) is 0 Å². The smallest absolute Gasteiger partial charge is 0.410 e. The molecule has 296 valence electrons. The van der Waals surface area contributed by atoms with Crippen molar-refractivity contribution in [2.75, 3.05) is 19.8 Å². The number of benzene rings is 1. The lowest BCUT2D eigenvalue weighted by Gasteiger charge is -2.25. The van der Waals surface area contributed by atoms with Gasteiger partial charge >= 0.3 is 12.2 Å². The molecule has 0 saturated heterocycles. The normalized spacial score (nSPS) is 27.0. The van der Waals surface area contributed by atoms with Crippen molar-refractivity contribution < 1.29 is 51.3 Å². The summed E-state index contributed by atoms with van der Waals surface area (Å²) in [6, 6.07) is 2.75. The van der Waals surface area contributed by atoms with Gasteiger partial charge in [-0.05, 0) is 77.3 Å². The van der Waals surface area contributed by atoms with Gasteiger partial charge in [0.25, 0.3) is 5.91 Å². The van der Waals surface area contributed by atoms with Gasteiger partial charge in [-0.15, -0.1) is 0 Å². The van der Waals surface area contributed by atoms with Gasteiger partial charge in [-0.1, -0.05) is 31.1 Å². The molecule has 16 nitrogen and oxygen atoms in total. The SMILES string of the molecule is CC(C)(C)OC(=O)N[C@H]1CCCCC/C=C\[C@@H]2C[C@@]2(C(=O)NS(=O)(=O)C2CC2)NC(=O)CC[C@@H](OC(=O)N2Cc3ccc4c(c3C2)OCCO4)CNC1=O. The fourth-order valence-corrected chi connectivity index (χ4v) is 8.27. The molecule has 0 bridgehead atoms. The molecule has 2 aliphatic carbocycles. The lowest BCUT2D eigenvalue weighted by atomic mass is 10.1. The van der Waals surface area contributed by atoms with Crippen molar-refractivity contribution in [2.24, 2.45) is 5.92 Å². The van der Waals surface area contributed by atoms with Gasteiger partial charge in [-0.3, -0.25) is 24.0 Å². The summed E-state index contributed by atoms with van der Waals surface area (Å²) in [6.07, 6.45) is 5.40. The van der Waals surface area contributed by atoms with Gasteiger partial charge in [0.1, 0.15) is 36.5 Å². The van der Waals surface area contributed by atoms with Crippen molar-refractivity contribution in [3.63, 3.8) is 0 Å². The topological polar surface area (TPSA) is 208 Å². The standard InChI is InChI=1S/C37H51N5O11S/c1-36(2,3)53-34(46)39-28-10-8-6-4-5-7-9-24-19-37(24,33(45)41-54(48,49)26-13-14-26)40-30(43)16-12-25(20-38-32(28)44)52-35(47)42-21-23-11-15-29-31(27(23)22-42)51-18-17-50-29/h7,9,11,15,24-26,28H,4-6,8,10,12-14,16-22H2,1-3H3,(H,38,44)(H,39,46)(H,40,43)(H,41,45)/b9-7-/t24-,25-,28+,37-/m1/s1. The summed E-state index contributed by atoms with van der Waals surface area (Å²) in [5.74, 6) is -1.02. The van der Waals surface area contributed by atoms with Crippen LogP contribution in [0.5, 0.6) is 11.5 Å². The number of allylic oxidation sites excluding steroid dienone is 1. The molecule has 5 aliphatic rings. The number of fused-ring (bicyclic) bond motifs is 4. The Bertz CT molecular complexity index is 1770. The molecular weight excluding hydrogens is 722 g/mol. The van der Waals surface area contributed by atoms with E-state index in [0.29, 0.717) is 56.8 Å². The number of hydrogen-bond donors (Lipinski definition) is 4. The molecule has 0 aromatic heterocycles. The van der Waals surface area contributed by atoms with Gasteiger partial charge in [-0.2, -0.15) is 0 Å². The van der Waals surface area contributed by atoms with Crippen molar-refractivity contribution in [1.82, 2.24) is 25.6 Å². The number of carbonyl (C=O) groups excluding carboxylic acids is 5. The first-order valence-corrected chi connectivity index (χ1v) is 20.3. The quantitative estimate of drug-likeness (QED) is 0.320. The molecule has 2 fully saturated rings. The highest BCUT2D eigenvalue weighted by Gasteiger charge is 2.61. The molecule has 0 spiro atoms. The minimum atomic E-state index is -3.85. The van der Waals surface area contributed by atoms with E-state index in [9.17, 15) is 32.4 Å². The number of alkyl carbamates (subject to hydrolysis) is 1. The lowest BCUT2D eigenvalue weighted by molar-refractivity contribution is -0.129. The largest absolute Gasteiger partial charge is 0.486 e. The average molecular weight is 774 g/mol. The van der Waals surface area contributed by atoms with Crippen LogP contribution in [0.1, 0.15) is 96.1 Å². The van der Waals surface area contributed by atoms with E-state index in [1.807, 2.05) is 18.2 Å². The summed E-state index contributed by atoms with van der Waals surface area (Å²) >= 11 is 0. The molecule has 5 amide bonds. The van der Waals surface area contributed by atoms with E-state index in [2.05, 4.69) is 20.7 Å². The number of ether oxygens (including phenoxy) is 4. The molecule has 6 rings (SSSR count). The molecule has 3 aliphatic heterocycles. The van der Waals surface area contributed by atoms with Crippen LogP contribution in [0.25, 0.3) is 0 Å². The Morgan fingerprint density at radius 1 is 1.00 bits per heavy atom. The second-order valence-corrected chi connectivity index (χ2v) is 17.6. The van der Waals surface area contributed by atoms with Crippen LogP contribution in [0, 0.1) is 5.92 Å². The molecule has 4 N–H and O–H groups in total. The Hall–Kier alpha value is -4.54. The van der Waals surface area contributed by atoms with Gasteiger partial charge in [0.2, 0.25) is 21.8 Å². The number of rotatable bonds is 5. The molecule has 4 atom stereocenters. The second-order valence-electron chi connectivity index (χ2n) is 15.6. The number of carbonyl (C=O) groups is 5. The Labute approximate surface area is 315 Å². The van der Waals surface area contributed by atoms with Crippen molar-refractivity contribution in [3.8, 4) is 11.5 Å². The first-order chi connectivity index (χ1) is 25.6. The van der Waals surface area contributed by atoms with E-state index in [4.69, 9.17) is 18.9 Å². The molecule has 17 heteroatoms. The van der Waals surface area contributed by atoms with E-state index in [0.717, 1.165) is 24.0 Å². The van der Waals surface area contributed by atoms with Crippen molar-refractivity contribution in [1.29, 1.82) is 0 Å². The molecule has 3 heterocycles. The average Bonchev–Trinajstić information content (AvgIpc) is 4.03. The zero-order valence-electron chi connectivity index (χ0n) is 31.1. The summed E-state index contributed by atoms with van der Waals surface area (Å²) in [7, 11) is -3.85. The van der Waals surface area contributed by atoms with Gasteiger partial charge in [-0.25, -0.2) is 18.0 Å². The predicted molar refractivity (Wildman–Crippen MR) is 194 cm³/mol.